The largest absolute Gasteiger partial charge is 0.385 e. The zero-order valence-corrected chi connectivity index (χ0v) is 12.6. The highest BCUT2D eigenvalue weighted by Gasteiger charge is 2.37. The van der Waals surface area contributed by atoms with Crippen LogP contribution in [0.5, 0.6) is 0 Å². The number of nitrogens with one attached hydrogen (secondary N) is 2. The van der Waals surface area contributed by atoms with Gasteiger partial charge in [-0.15, -0.1) is 0 Å². The molecule has 1 aliphatic rings. The average molecular weight is 303 g/mol. The van der Waals surface area contributed by atoms with E-state index in [4.69, 9.17) is 4.74 Å². The number of H-pyrrole nitrogens is 1. The number of pyridine rings is 1. The predicted molar refractivity (Wildman–Crippen MR) is 80.2 cm³/mol. The molecule has 3 heterocycles. The molecule has 0 spiro atoms. The summed E-state index contributed by atoms with van der Waals surface area (Å²) in [5.41, 5.74) is 2.13. The van der Waals surface area contributed by atoms with Crippen molar-refractivity contribution in [3.05, 3.63) is 41.6 Å². The Morgan fingerprint density at radius 2 is 2.27 bits per heavy atom. The second-order valence-corrected chi connectivity index (χ2v) is 5.81. The number of aromatic nitrogens is 2. The van der Waals surface area contributed by atoms with Crippen molar-refractivity contribution in [1.82, 2.24) is 15.3 Å². The molecule has 0 aliphatic carbocycles. The zero-order valence-electron chi connectivity index (χ0n) is 12.6. The van der Waals surface area contributed by atoms with E-state index in [-0.39, 0.29) is 11.3 Å². The van der Waals surface area contributed by atoms with Gasteiger partial charge in [-0.25, -0.2) is 4.39 Å². The van der Waals surface area contributed by atoms with Crippen LogP contribution in [-0.2, 0) is 10.2 Å². The summed E-state index contributed by atoms with van der Waals surface area (Å²) in [7, 11) is 1.65. The molecule has 2 aromatic rings. The maximum Gasteiger partial charge on any atom is 0.253 e. The highest BCUT2D eigenvalue weighted by atomic mass is 19.1. The summed E-state index contributed by atoms with van der Waals surface area (Å²) >= 11 is 0. The fourth-order valence-electron chi connectivity index (χ4n) is 2.85. The van der Waals surface area contributed by atoms with Crippen LogP contribution >= 0.6 is 0 Å². The van der Waals surface area contributed by atoms with E-state index in [2.05, 4.69) is 22.2 Å². The number of methoxy groups -OCH3 is 1. The minimum Gasteiger partial charge on any atom is -0.385 e. The van der Waals surface area contributed by atoms with E-state index in [1.165, 1.54) is 12.4 Å². The van der Waals surface area contributed by atoms with Gasteiger partial charge in [0.25, 0.3) is 5.91 Å². The van der Waals surface area contributed by atoms with Crippen LogP contribution in [0, 0.1) is 5.82 Å². The average Bonchev–Trinajstić information content (AvgIpc) is 2.97. The van der Waals surface area contributed by atoms with Gasteiger partial charge in [-0.1, -0.05) is 6.92 Å². The monoisotopic (exact) mass is 303 g/mol. The number of aromatic amines is 1. The number of carbonyl (C=O) groups excluding carboxylic acids is 1. The molecule has 1 atom stereocenters. The van der Waals surface area contributed by atoms with Crippen LogP contribution in [0.25, 0.3) is 11.3 Å². The number of amides is 1. The van der Waals surface area contributed by atoms with E-state index in [0.29, 0.717) is 30.0 Å². The first-order valence-electron chi connectivity index (χ1n) is 7.16. The smallest absolute Gasteiger partial charge is 0.253 e. The van der Waals surface area contributed by atoms with Crippen molar-refractivity contribution in [2.24, 2.45) is 0 Å². The number of hydrogen-bond donors (Lipinski definition) is 2. The minimum atomic E-state index is -0.417. The van der Waals surface area contributed by atoms with Crippen LogP contribution in [0.2, 0.25) is 0 Å². The first-order chi connectivity index (χ1) is 10.5. The Labute approximate surface area is 127 Å². The maximum absolute atomic E-state index is 13.9. The zero-order chi connectivity index (χ0) is 15.7. The van der Waals surface area contributed by atoms with Gasteiger partial charge < -0.3 is 15.0 Å². The summed E-state index contributed by atoms with van der Waals surface area (Å²) in [5, 5.41) is 2.90. The SMILES string of the molecule is COCCC1(C)CNC(=O)c2cc(-c3ccncc3F)[nH]c21. The van der Waals surface area contributed by atoms with Gasteiger partial charge in [-0.2, -0.15) is 0 Å². The highest BCUT2D eigenvalue weighted by Crippen LogP contribution is 2.35. The Kier molecular flexibility index (Phi) is 3.70. The lowest BCUT2D eigenvalue weighted by atomic mass is 9.79. The van der Waals surface area contributed by atoms with Gasteiger partial charge >= 0.3 is 0 Å². The van der Waals surface area contributed by atoms with Crippen molar-refractivity contribution >= 4 is 5.91 Å². The van der Waals surface area contributed by atoms with Crippen molar-refractivity contribution in [2.45, 2.75) is 18.8 Å². The van der Waals surface area contributed by atoms with Gasteiger partial charge in [-0.3, -0.25) is 9.78 Å². The predicted octanol–water partition coefficient (Wildman–Crippen LogP) is 2.25. The van der Waals surface area contributed by atoms with Crippen LogP contribution in [0.1, 0.15) is 29.4 Å². The summed E-state index contributed by atoms with van der Waals surface area (Å²) in [6.45, 7) is 3.18. The van der Waals surface area contributed by atoms with Crippen LogP contribution < -0.4 is 5.32 Å². The summed E-state index contributed by atoms with van der Waals surface area (Å²) in [4.78, 5) is 19.1. The van der Waals surface area contributed by atoms with Crippen LogP contribution in [0.3, 0.4) is 0 Å². The number of nitrogens with zero attached hydrogens (tertiary/aromatic N) is 1. The van der Waals surface area contributed by atoms with Gasteiger partial charge in [-0.05, 0) is 18.6 Å². The molecule has 1 unspecified atom stereocenters. The van der Waals surface area contributed by atoms with Crippen molar-refractivity contribution in [1.29, 1.82) is 0 Å². The Bertz CT molecular complexity index is 713. The number of ether oxygens (including phenoxy) is 1. The van der Waals surface area contributed by atoms with Crippen LogP contribution in [0.15, 0.2) is 24.5 Å². The van der Waals surface area contributed by atoms with Crippen molar-refractivity contribution in [3.63, 3.8) is 0 Å². The third-order valence-electron chi connectivity index (χ3n) is 4.23. The van der Waals surface area contributed by atoms with Gasteiger partial charge in [0.05, 0.1) is 11.8 Å². The Morgan fingerprint density at radius 1 is 1.45 bits per heavy atom. The number of fused-ring (bicyclic) bond motifs is 1. The molecule has 1 amide bonds. The number of carbonyl (C=O) groups is 1. The summed E-state index contributed by atoms with van der Waals surface area (Å²) < 4.78 is 19.1. The molecule has 0 bridgehead atoms. The Hall–Kier alpha value is -2.21. The van der Waals surface area contributed by atoms with Gasteiger partial charge in [0, 0.05) is 48.8 Å². The van der Waals surface area contributed by atoms with Crippen molar-refractivity contribution in [3.8, 4) is 11.3 Å². The van der Waals surface area contributed by atoms with Crippen LogP contribution in [0.4, 0.5) is 4.39 Å². The molecule has 1 aliphatic heterocycles. The van der Waals surface area contributed by atoms with E-state index < -0.39 is 5.82 Å². The number of halogens is 1. The van der Waals surface area contributed by atoms with Gasteiger partial charge in [0.1, 0.15) is 0 Å². The first kappa shape index (κ1) is 14.7. The maximum atomic E-state index is 13.9. The minimum absolute atomic E-state index is 0.137. The Morgan fingerprint density at radius 3 is 3.00 bits per heavy atom. The fourth-order valence-corrected chi connectivity index (χ4v) is 2.85. The molecular formula is C16H18FN3O2. The molecule has 3 rings (SSSR count). The van der Waals surface area contributed by atoms with Gasteiger partial charge in [0.2, 0.25) is 0 Å². The molecule has 116 valence electrons. The second-order valence-electron chi connectivity index (χ2n) is 5.81. The van der Waals surface area contributed by atoms with E-state index in [1.807, 2.05) is 0 Å². The third-order valence-corrected chi connectivity index (χ3v) is 4.23. The molecule has 0 saturated carbocycles. The van der Waals surface area contributed by atoms with E-state index >= 15 is 0 Å². The Balaban J connectivity index is 2.07. The second kappa shape index (κ2) is 5.53. The molecule has 6 heteroatoms. The van der Waals surface area contributed by atoms with E-state index in [9.17, 15) is 9.18 Å². The first-order valence-corrected chi connectivity index (χ1v) is 7.16. The molecule has 5 nitrogen and oxygen atoms in total. The number of hydrogen-bond acceptors (Lipinski definition) is 3. The van der Waals surface area contributed by atoms with Gasteiger partial charge in [0.15, 0.2) is 5.82 Å². The summed E-state index contributed by atoms with van der Waals surface area (Å²) in [6, 6.07) is 3.30. The van der Waals surface area contributed by atoms with E-state index in [0.717, 1.165) is 12.1 Å². The number of rotatable bonds is 4. The van der Waals surface area contributed by atoms with E-state index in [1.54, 1.807) is 19.2 Å². The molecule has 0 radical (unpaired) electrons. The normalized spacial score (nSPS) is 20.6. The quantitative estimate of drug-likeness (QED) is 0.910. The lowest BCUT2D eigenvalue weighted by Crippen LogP contribution is -2.45. The van der Waals surface area contributed by atoms with Crippen LogP contribution in [-0.4, -0.2) is 36.1 Å². The molecule has 0 saturated heterocycles. The molecule has 22 heavy (non-hydrogen) atoms. The lowest BCUT2D eigenvalue weighted by molar-refractivity contribution is 0.0912. The van der Waals surface area contributed by atoms with Crippen molar-refractivity contribution in [2.75, 3.05) is 20.3 Å². The summed E-state index contributed by atoms with van der Waals surface area (Å²) in [6.07, 6.45) is 3.46. The van der Waals surface area contributed by atoms with Crippen molar-refractivity contribution < 1.29 is 13.9 Å². The molecule has 0 fully saturated rings. The standard InChI is InChI=1S/C16H18FN3O2/c1-16(4-6-22-2)9-19-15(21)11-7-13(20-14(11)16)10-3-5-18-8-12(10)17/h3,5,7-8,20H,4,6,9H2,1-2H3,(H,19,21). The topological polar surface area (TPSA) is 67.0 Å². The molecule has 2 N–H and O–H groups in total. The molecule has 0 aromatic carbocycles. The highest BCUT2D eigenvalue weighted by molar-refractivity contribution is 5.98. The molecular weight excluding hydrogens is 285 g/mol. The third kappa shape index (κ3) is 2.39. The fraction of sp³-hybridized carbons (Fsp3) is 0.375. The summed E-state index contributed by atoms with van der Waals surface area (Å²) in [5.74, 6) is -0.554. The lowest BCUT2D eigenvalue weighted by Gasteiger charge is -2.33. The molecule has 2 aromatic heterocycles.